The van der Waals surface area contributed by atoms with E-state index in [1.54, 1.807) is 0 Å². The topological polar surface area (TPSA) is 18.5 Å². The Morgan fingerprint density at radius 3 is 2.67 bits per heavy atom. The maximum absolute atomic E-state index is 6.49. The molecule has 3 atom stereocenters. The van der Waals surface area contributed by atoms with Crippen LogP contribution in [-0.2, 0) is 15.9 Å². The van der Waals surface area contributed by atoms with Crippen molar-refractivity contribution in [1.82, 2.24) is 0 Å². The molecule has 0 saturated carbocycles. The van der Waals surface area contributed by atoms with E-state index in [-0.39, 0.29) is 12.2 Å². The molecule has 2 aliphatic carbocycles. The number of allylic oxidation sites excluding steroid dienone is 1. The molecule has 21 heavy (non-hydrogen) atoms. The molecule has 0 radical (unpaired) electrons. The van der Waals surface area contributed by atoms with Crippen molar-refractivity contribution in [2.24, 2.45) is 5.92 Å². The van der Waals surface area contributed by atoms with Crippen LogP contribution >= 0.6 is 11.6 Å². The van der Waals surface area contributed by atoms with E-state index >= 15 is 0 Å². The van der Waals surface area contributed by atoms with Crippen molar-refractivity contribution in [3.63, 3.8) is 0 Å². The summed E-state index contributed by atoms with van der Waals surface area (Å²) in [4.78, 5) is 0. The fourth-order valence-corrected chi connectivity index (χ4v) is 4.30. The maximum Gasteiger partial charge on any atom is 0.189 e. The molecule has 1 aromatic carbocycles. The Labute approximate surface area is 131 Å². The minimum absolute atomic E-state index is 0.146. The van der Waals surface area contributed by atoms with Gasteiger partial charge in [-0.25, -0.2) is 0 Å². The molecule has 1 heterocycles. The molecular formula is C18H21ClO2. The van der Waals surface area contributed by atoms with Gasteiger partial charge >= 0.3 is 0 Å². The Morgan fingerprint density at radius 2 is 1.90 bits per heavy atom. The zero-order valence-electron chi connectivity index (χ0n) is 12.6. The monoisotopic (exact) mass is 304 g/mol. The summed E-state index contributed by atoms with van der Waals surface area (Å²) in [6, 6.07) is 6.24. The Morgan fingerprint density at radius 1 is 1.14 bits per heavy atom. The number of halogens is 1. The highest BCUT2D eigenvalue weighted by atomic mass is 35.5. The van der Waals surface area contributed by atoms with Crippen molar-refractivity contribution in [3.05, 3.63) is 40.4 Å². The normalized spacial score (nSPS) is 38.0. The Balaban J connectivity index is 1.81. The summed E-state index contributed by atoms with van der Waals surface area (Å²) in [6.45, 7) is 4.18. The lowest BCUT2D eigenvalue weighted by atomic mass is 9.73. The first-order chi connectivity index (χ1) is 10.1. The van der Waals surface area contributed by atoms with Gasteiger partial charge in [0.1, 0.15) is 0 Å². The van der Waals surface area contributed by atoms with Crippen LogP contribution in [0, 0.1) is 5.92 Å². The second kappa shape index (κ2) is 4.84. The number of hydrogen-bond acceptors (Lipinski definition) is 2. The lowest BCUT2D eigenvalue weighted by molar-refractivity contribution is -0.143. The Kier molecular flexibility index (Phi) is 3.18. The number of hydrogen-bond donors (Lipinski definition) is 0. The average molecular weight is 305 g/mol. The van der Waals surface area contributed by atoms with Gasteiger partial charge in [0.2, 0.25) is 0 Å². The zero-order chi connectivity index (χ0) is 14.6. The van der Waals surface area contributed by atoms with Crippen molar-refractivity contribution in [2.75, 3.05) is 0 Å². The van der Waals surface area contributed by atoms with Crippen LogP contribution < -0.4 is 0 Å². The van der Waals surface area contributed by atoms with E-state index in [1.807, 2.05) is 12.1 Å². The van der Waals surface area contributed by atoms with Gasteiger partial charge in [-0.15, -0.1) is 0 Å². The molecule has 1 aliphatic heterocycles. The minimum Gasteiger partial charge on any atom is -0.341 e. The highest BCUT2D eigenvalue weighted by Gasteiger charge is 2.46. The van der Waals surface area contributed by atoms with Crippen LogP contribution in [0.2, 0.25) is 5.02 Å². The van der Waals surface area contributed by atoms with Gasteiger partial charge in [-0.05, 0) is 67.9 Å². The zero-order valence-corrected chi connectivity index (χ0v) is 13.3. The highest BCUT2D eigenvalue weighted by Crippen LogP contribution is 2.49. The molecule has 4 rings (SSSR count). The number of aryl methyl sites for hydroxylation is 1. The van der Waals surface area contributed by atoms with Gasteiger partial charge in [0.15, 0.2) is 5.79 Å². The molecule has 0 aromatic heterocycles. The summed E-state index contributed by atoms with van der Waals surface area (Å²) in [6.07, 6.45) is 6.93. The van der Waals surface area contributed by atoms with Crippen LogP contribution in [-0.4, -0.2) is 18.0 Å². The third-order valence-corrected chi connectivity index (χ3v) is 5.55. The van der Waals surface area contributed by atoms with E-state index in [4.69, 9.17) is 21.1 Å². The van der Waals surface area contributed by atoms with E-state index in [1.165, 1.54) is 23.1 Å². The summed E-state index contributed by atoms with van der Waals surface area (Å²) in [7, 11) is 0. The molecule has 1 aromatic rings. The first-order valence-corrected chi connectivity index (χ1v) is 8.32. The molecule has 3 aliphatic rings. The van der Waals surface area contributed by atoms with Crippen LogP contribution in [0.1, 0.15) is 44.2 Å². The molecule has 1 saturated heterocycles. The van der Waals surface area contributed by atoms with Crippen molar-refractivity contribution in [2.45, 2.75) is 57.5 Å². The van der Waals surface area contributed by atoms with Gasteiger partial charge < -0.3 is 9.47 Å². The van der Waals surface area contributed by atoms with E-state index in [2.05, 4.69) is 26.0 Å². The van der Waals surface area contributed by atoms with Crippen molar-refractivity contribution >= 4 is 17.2 Å². The van der Waals surface area contributed by atoms with Crippen LogP contribution in [0.5, 0.6) is 0 Å². The molecule has 112 valence electrons. The number of benzene rings is 1. The van der Waals surface area contributed by atoms with E-state index in [0.29, 0.717) is 5.92 Å². The molecule has 0 bridgehead atoms. The van der Waals surface area contributed by atoms with Gasteiger partial charge in [0.25, 0.3) is 0 Å². The number of ether oxygens (including phenoxy) is 2. The first-order valence-electron chi connectivity index (χ1n) is 7.94. The lowest BCUT2D eigenvalue weighted by Crippen LogP contribution is -2.34. The number of rotatable bonds is 0. The quantitative estimate of drug-likeness (QED) is 0.697. The number of fused-ring (bicyclic) bond motifs is 3. The standard InChI is InChI=1S/C18H21ClO2/c1-11-12(2)21-18(20-11)9-8-13-6-7-14-4-3-5-16(19)17(14)15(13)10-18/h3-5,10-13H,6-9H2,1-2H3. The molecule has 0 N–H and O–H groups in total. The molecule has 3 heteroatoms. The van der Waals surface area contributed by atoms with Crippen molar-refractivity contribution in [1.29, 1.82) is 0 Å². The third kappa shape index (κ3) is 2.16. The smallest absolute Gasteiger partial charge is 0.189 e. The molecule has 1 spiro atoms. The Bertz CT molecular complexity index is 597. The van der Waals surface area contributed by atoms with Gasteiger partial charge in [-0.3, -0.25) is 0 Å². The van der Waals surface area contributed by atoms with Crippen LogP contribution in [0.15, 0.2) is 24.3 Å². The molecule has 1 fully saturated rings. The summed E-state index contributed by atoms with van der Waals surface area (Å²) in [5, 5.41) is 0.861. The summed E-state index contributed by atoms with van der Waals surface area (Å²) >= 11 is 6.49. The average Bonchev–Trinajstić information content (AvgIpc) is 2.73. The fourth-order valence-electron chi connectivity index (χ4n) is 4.00. The minimum atomic E-state index is -0.529. The van der Waals surface area contributed by atoms with Gasteiger partial charge in [0, 0.05) is 11.4 Å². The molecular weight excluding hydrogens is 284 g/mol. The van der Waals surface area contributed by atoms with E-state index in [9.17, 15) is 0 Å². The van der Waals surface area contributed by atoms with Crippen LogP contribution in [0.25, 0.3) is 5.57 Å². The lowest BCUT2D eigenvalue weighted by Gasteiger charge is -2.38. The van der Waals surface area contributed by atoms with Crippen molar-refractivity contribution in [3.8, 4) is 0 Å². The maximum atomic E-state index is 6.49. The first kappa shape index (κ1) is 13.8. The highest BCUT2D eigenvalue weighted by molar-refractivity contribution is 6.32. The fraction of sp³-hybridized carbons (Fsp3) is 0.556. The van der Waals surface area contributed by atoms with Gasteiger partial charge in [-0.1, -0.05) is 23.7 Å². The molecule has 2 nitrogen and oxygen atoms in total. The summed E-state index contributed by atoms with van der Waals surface area (Å²) in [5.74, 6) is 0.0692. The third-order valence-electron chi connectivity index (χ3n) is 5.24. The van der Waals surface area contributed by atoms with Gasteiger partial charge in [0.05, 0.1) is 12.2 Å². The van der Waals surface area contributed by atoms with Crippen LogP contribution in [0.3, 0.4) is 0 Å². The predicted molar refractivity (Wildman–Crippen MR) is 84.3 cm³/mol. The van der Waals surface area contributed by atoms with Gasteiger partial charge in [-0.2, -0.15) is 0 Å². The largest absolute Gasteiger partial charge is 0.341 e. The molecule has 3 unspecified atom stereocenters. The van der Waals surface area contributed by atoms with E-state index < -0.39 is 5.79 Å². The Hall–Kier alpha value is -0.830. The van der Waals surface area contributed by atoms with Crippen molar-refractivity contribution < 1.29 is 9.47 Å². The molecule has 0 amide bonds. The SMILES string of the molecule is CC1OC2(C=C3c4c(Cl)cccc4CCC3CC2)OC1C. The van der Waals surface area contributed by atoms with E-state index in [0.717, 1.165) is 24.3 Å². The summed E-state index contributed by atoms with van der Waals surface area (Å²) in [5.41, 5.74) is 3.93. The second-order valence-corrected chi connectivity index (χ2v) is 7.01. The summed E-state index contributed by atoms with van der Waals surface area (Å²) < 4.78 is 12.3. The predicted octanol–water partition coefficient (Wildman–Crippen LogP) is 4.60. The second-order valence-electron chi connectivity index (χ2n) is 6.61. The van der Waals surface area contributed by atoms with Crippen LogP contribution in [0.4, 0.5) is 0 Å².